The Morgan fingerprint density at radius 2 is 1.58 bits per heavy atom. The van der Waals surface area contributed by atoms with Gasteiger partial charge in [0.2, 0.25) is 0 Å². The van der Waals surface area contributed by atoms with Gasteiger partial charge in [0.25, 0.3) is 5.91 Å². The van der Waals surface area contributed by atoms with Gasteiger partial charge in [-0.2, -0.15) is 0 Å². The van der Waals surface area contributed by atoms with E-state index in [1.54, 1.807) is 0 Å². The predicted octanol–water partition coefficient (Wildman–Crippen LogP) is 7.20. The number of rotatable bonds is 8. The van der Waals surface area contributed by atoms with Crippen LogP contribution in [0.4, 0.5) is 11.4 Å². The van der Waals surface area contributed by atoms with Crippen LogP contribution in [0.25, 0.3) is 22.2 Å². The van der Waals surface area contributed by atoms with Crippen LogP contribution in [0.5, 0.6) is 0 Å². The first kappa shape index (κ1) is 23.6. The number of nitrogens with zero attached hydrogens (tertiary/aromatic N) is 2. The molecule has 0 fully saturated rings. The van der Waals surface area contributed by atoms with Crippen molar-refractivity contribution in [2.24, 2.45) is 0 Å². The predicted molar refractivity (Wildman–Crippen MR) is 143 cm³/mol. The first-order valence-electron chi connectivity index (χ1n) is 10.5. The van der Waals surface area contributed by atoms with Crippen molar-refractivity contribution in [3.05, 3.63) is 88.9 Å². The Balaban J connectivity index is 1.63. The Morgan fingerprint density at radius 3 is 2.24 bits per heavy atom. The van der Waals surface area contributed by atoms with Crippen LogP contribution >= 0.6 is 39.1 Å². The number of benzene rings is 3. The molecular formula is C26H22BrCl2N3O. The van der Waals surface area contributed by atoms with E-state index >= 15 is 0 Å². The summed E-state index contributed by atoms with van der Waals surface area (Å²) in [5, 5.41) is 3.83. The lowest BCUT2D eigenvalue weighted by atomic mass is 10.0. The van der Waals surface area contributed by atoms with E-state index in [1.165, 1.54) is 0 Å². The van der Waals surface area contributed by atoms with Gasteiger partial charge in [0.15, 0.2) is 0 Å². The molecule has 0 aliphatic heterocycles. The van der Waals surface area contributed by atoms with Gasteiger partial charge < -0.3 is 10.2 Å². The maximum absolute atomic E-state index is 13.3. The minimum Gasteiger partial charge on any atom is -0.369 e. The zero-order valence-corrected chi connectivity index (χ0v) is 20.9. The molecule has 0 bridgehead atoms. The van der Waals surface area contributed by atoms with Gasteiger partial charge in [-0.1, -0.05) is 46.3 Å². The summed E-state index contributed by atoms with van der Waals surface area (Å²) >= 11 is 15.3. The Labute approximate surface area is 211 Å². The number of pyridine rings is 1. The lowest BCUT2D eigenvalue weighted by Gasteiger charge is -2.23. The van der Waals surface area contributed by atoms with Crippen molar-refractivity contribution < 1.29 is 4.79 Å². The lowest BCUT2D eigenvalue weighted by Crippen LogP contribution is -2.27. The average Bonchev–Trinajstić information content (AvgIpc) is 2.84. The largest absolute Gasteiger partial charge is 0.369 e. The topological polar surface area (TPSA) is 45.2 Å². The molecule has 3 aromatic carbocycles. The number of halogens is 3. The van der Waals surface area contributed by atoms with Crippen LogP contribution < -0.4 is 10.2 Å². The van der Waals surface area contributed by atoms with Crippen molar-refractivity contribution in [2.75, 3.05) is 35.1 Å². The van der Waals surface area contributed by atoms with Crippen LogP contribution in [0, 0.1) is 0 Å². The molecule has 33 heavy (non-hydrogen) atoms. The van der Waals surface area contributed by atoms with Crippen LogP contribution in [-0.2, 0) is 0 Å². The SMILES string of the molecule is O=C(Nc1ccc(N(CCCl)CCCl)cc1)c1cc(-c2ccc(Br)cc2)nc2ccccc12. The van der Waals surface area contributed by atoms with Gasteiger partial charge in [-0.05, 0) is 48.5 Å². The van der Waals surface area contributed by atoms with E-state index in [0.29, 0.717) is 36.1 Å². The molecule has 1 amide bonds. The first-order chi connectivity index (χ1) is 16.1. The van der Waals surface area contributed by atoms with Gasteiger partial charge in [0, 0.05) is 51.6 Å². The monoisotopic (exact) mass is 541 g/mol. The molecule has 4 rings (SSSR count). The smallest absolute Gasteiger partial charge is 0.256 e. The minimum atomic E-state index is -0.182. The third-order valence-corrected chi connectivity index (χ3v) is 6.17. The second kappa shape index (κ2) is 11.0. The van der Waals surface area contributed by atoms with Crippen molar-refractivity contribution in [1.82, 2.24) is 4.98 Å². The van der Waals surface area contributed by atoms with Crippen molar-refractivity contribution in [2.45, 2.75) is 0 Å². The summed E-state index contributed by atoms with van der Waals surface area (Å²) in [4.78, 5) is 20.2. The number of carbonyl (C=O) groups excluding carboxylic acids is 1. The Morgan fingerprint density at radius 1 is 0.909 bits per heavy atom. The summed E-state index contributed by atoms with van der Waals surface area (Å²) < 4.78 is 0.990. The van der Waals surface area contributed by atoms with Crippen molar-refractivity contribution in [3.8, 4) is 11.3 Å². The molecule has 7 heteroatoms. The number of fused-ring (bicyclic) bond motifs is 1. The number of anilines is 2. The van der Waals surface area contributed by atoms with Crippen molar-refractivity contribution >= 4 is 67.3 Å². The van der Waals surface area contributed by atoms with E-state index in [-0.39, 0.29) is 5.91 Å². The highest BCUT2D eigenvalue weighted by Crippen LogP contribution is 2.27. The fourth-order valence-electron chi connectivity index (χ4n) is 3.66. The van der Waals surface area contributed by atoms with E-state index in [1.807, 2.05) is 78.9 Å². The van der Waals surface area contributed by atoms with Crippen LogP contribution in [0.1, 0.15) is 10.4 Å². The molecule has 1 heterocycles. The quantitative estimate of drug-likeness (QED) is 0.239. The molecule has 0 saturated carbocycles. The number of alkyl halides is 2. The number of aromatic nitrogens is 1. The number of nitrogens with one attached hydrogen (secondary N) is 1. The zero-order valence-electron chi connectivity index (χ0n) is 17.8. The third-order valence-electron chi connectivity index (χ3n) is 5.30. The highest BCUT2D eigenvalue weighted by Gasteiger charge is 2.15. The van der Waals surface area contributed by atoms with Crippen LogP contribution in [0.15, 0.2) is 83.3 Å². The molecule has 4 aromatic rings. The molecule has 1 aromatic heterocycles. The fraction of sp³-hybridized carbons (Fsp3) is 0.154. The number of para-hydroxylation sites is 1. The molecule has 0 aliphatic carbocycles. The Bertz CT molecular complexity index is 1240. The maximum Gasteiger partial charge on any atom is 0.256 e. The molecule has 0 radical (unpaired) electrons. The van der Waals surface area contributed by atoms with Crippen LogP contribution in [0.3, 0.4) is 0 Å². The van der Waals surface area contributed by atoms with E-state index in [2.05, 4.69) is 26.1 Å². The van der Waals surface area contributed by atoms with Gasteiger partial charge in [-0.25, -0.2) is 4.98 Å². The molecule has 1 N–H and O–H groups in total. The summed E-state index contributed by atoms with van der Waals surface area (Å²) in [5.74, 6) is 0.856. The Kier molecular flexibility index (Phi) is 7.86. The van der Waals surface area contributed by atoms with Gasteiger partial charge in [-0.3, -0.25) is 4.79 Å². The third kappa shape index (κ3) is 5.67. The lowest BCUT2D eigenvalue weighted by molar-refractivity contribution is 0.102. The second-order valence-electron chi connectivity index (χ2n) is 7.45. The molecule has 0 atom stereocenters. The first-order valence-corrected chi connectivity index (χ1v) is 12.4. The molecule has 0 aliphatic rings. The average molecular weight is 543 g/mol. The number of hydrogen-bond donors (Lipinski definition) is 1. The van der Waals surface area contributed by atoms with E-state index < -0.39 is 0 Å². The minimum absolute atomic E-state index is 0.182. The second-order valence-corrected chi connectivity index (χ2v) is 9.12. The highest BCUT2D eigenvalue weighted by atomic mass is 79.9. The fourth-order valence-corrected chi connectivity index (χ4v) is 4.33. The van der Waals surface area contributed by atoms with Crippen molar-refractivity contribution in [3.63, 3.8) is 0 Å². The number of hydrogen-bond acceptors (Lipinski definition) is 3. The van der Waals surface area contributed by atoms with E-state index in [9.17, 15) is 4.79 Å². The normalized spacial score (nSPS) is 10.9. The summed E-state index contributed by atoms with van der Waals surface area (Å²) in [7, 11) is 0. The zero-order chi connectivity index (χ0) is 23.2. The van der Waals surface area contributed by atoms with E-state index in [4.69, 9.17) is 28.2 Å². The van der Waals surface area contributed by atoms with Crippen molar-refractivity contribution in [1.29, 1.82) is 0 Å². The summed E-state index contributed by atoms with van der Waals surface area (Å²) in [6.07, 6.45) is 0. The molecule has 168 valence electrons. The van der Waals surface area contributed by atoms with Gasteiger partial charge in [0.05, 0.1) is 16.8 Å². The summed E-state index contributed by atoms with van der Waals surface area (Å²) in [6, 6.07) is 25.1. The molecule has 4 nitrogen and oxygen atoms in total. The molecule has 0 spiro atoms. The standard InChI is InChI=1S/C26H22BrCl2N3O/c27-19-7-5-18(6-8-19)25-17-23(22-3-1-2-4-24(22)31-25)26(33)30-20-9-11-21(12-10-20)32(15-13-28)16-14-29/h1-12,17H,13-16H2,(H,30,33). The van der Waals surface area contributed by atoms with Gasteiger partial charge >= 0.3 is 0 Å². The maximum atomic E-state index is 13.3. The highest BCUT2D eigenvalue weighted by molar-refractivity contribution is 9.10. The molecular weight excluding hydrogens is 521 g/mol. The molecule has 0 saturated heterocycles. The van der Waals surface area contributed by atoms with Crippen LogP contribution in [-0.4, -0.2) is 35.7 Å². The van der Waals surface area contributed by atoms with Crippen LogP contribution in [0.2, 0.25) is 0 Å². The molecule has 0 unspecified atom stereocenters. The van der Waals surface area contributed by atoms with Gasteiger partial charge in [-0.15, -0.1) is 23.2 Å². The number of carbonyl (C=O) groups is 1. The summed E-state index contributed by atoms with van der Waals surface area (Å²) in [5.41, 5.74) is 4.78. The number of amides is 1. The Hall–Kier alpha value is -2.60. The summed E-state index contributed by atoms with van der Waals surface area (Å²) in [6.45, 7) is 1.42. The van der Waals surface area contributed by atoms with E-state index in [0.717, 1.165) is 32.3 Å². The van der Waals surface area contributed by atoms with Gasteiger partial charge in [0.1, 0.15) is 0 Å².